The van der Waals surface area contributed by atoms with Gasteiger partial charge in [-0.3, -0.25) is 4.90 Å². The predicted octanol–water partition coefficient (Wildman–Crippen LogP) is 1.40. The Morgan fingerprint density at radius 3 is 2.67 bits per heavy atom. The van der Waals surface area contributed by atoms with Gasteiger partial charge in [-0.2, -0.15) is 0 Å². The van der Waals surface area contributed by atoms with E-state index in [2.05, 4.69) is 34.8 Å². The van der Waals surface area contributed by atoms with Gasteiger partial charge >= 0.3 is 6.09 Å². The molecule has 1 spiro atoms. The van der Waals surface area contributed by atoms with Crippen LogP contribution in [0.25, 0.3) is 0 Å². The highest BCUT2D eigenvalue weighted by molar-refractivity contribution is 5.65. The molecule has 0 radical (unpaired) electrons. The molecule has 1 aromatic heterocycles. The lowest BCUT2D eigenvalue weighted by molar-refractivity contribution is 0.0156. The molecule has 0 atom stereocenters. The molecule has 5 nitrogen and oxygen atoms in total. The number of hydrogen-bond donors (Lipinski definition) is 1. The van der Waals surface area contributed by atoms with Gasteiger partial charge in [-0.15, -0.1) is 0 Å². The zero-order valence-electron chi connectivity index (χ0n) is 10.7. The normalized spacial score (nSPS) is 23.1. The third-order valence-corrected chi connectivity index (χ3v) is 4.57. The van der Waals surface area contributed by atoms with Crippen molar-refractivity contribution in [2.24, 2.45) is 0 Å². The Labute approximate surface area is 107 Å². The Balaban J connectivity index is 1.90. The predicted molar refractivity (Wildman–Crippen MR) is 67.6 cm³/mol. The minimum absolute atomic E-state index is 0.0354. The Morgan fingerprint density at radius 1 is 1.28 bits per heavy atom. The van der Waals surface area contributed by atoms with Crippen LogP contribution >= 0.6 is 0 Å². The number of carbonyl (C=O) groups is 1. The summed E-state index contributed by atoms with van der Waals surface area (Å²) < 4.78 is 2.32. The maximum absolute atomic E-state index is 11.0. The van der Waals surface area contributed by atoms with Gasteiger partial charge in [-0.1, -0.05) is 0 Å². The first-order valence-corrected chi connectivity index (χ1v) is 6.48. The van der Waals surface area contributed by atoms with E-state index in [1.807, 2.05) is 0 Å². The van der Waals surface area contributed by atoms with Gasteiger partial charge in [0.25, 0.3) is 0 Å². The van der Waals surface area contributed by atoms with E-state index in [9.17, 15) is 4.79 Å². The average molecular weight is 249 g/mol. The van der Waals surface area contributed by atoms with E-state index in [0.29, 0.717) is 13.1 Å². The summed E-state index contributed by atoms with van der Waals surface area (Å²) in [5.74, 6) is 0. The van der Waals surface area contributed by atoms with Gasteiger partial charge in [0.05, 0.1) is 5.54 Å². The Morgan fingerprint density at radius 2 is 2.00 bits per heavy atom. The highest BCUT2D eigenvalue weighted by atomic mass is 16.4. The lowest BCUT2D eigenvalue weighted by Crippen LogP contribution is -2.56. The molecule has 1 fully saturated rings. The van der Waals surface area contributed by atoms with Crippen molar-refractivity contribution < 1.29 is 9.90 Å². The molecule has 3 heterocycles. The number of fused-ring (bicyclic) bond motifs is 2. The van der Waals surface area contributed by atoms with Crippen LogP contribution in [0.15, 0.2) is 18.3 Å². The zero-order valence-corrected chi connectivity index (χ0v) is 10.7. The van der Waals surface area contributed by atoms with Gasteiger partial charge in [-0.05, 0) is 32.0 Å². The fourth-order valence-corrected chi connectivity index (χ4v) is 3.40. The van der Waals surface area contributed by atoms with E-state index < -0.39 is 6.09 Å². The molecule has 3 rings (SSSR count). The van der Waals surface area contributed by atoms with Gasteiger partial charge in [0.15, 0.2) is 0 Å². The first kappa shape index (κ1) is 11.6. The number of aromatic nitrogens is 1. The van der Waals surface area contributed by atoms with Crippen molar-refractivity contribution in [1.82, 2.24) is 14.4 Å². The number of likely N-dealkylation sites (tertiary alicyclic amines) is 1. The lowest BCUT2D eigenvalue weighted by Gasteiger charge is -2.50. The van der Waals surface area contributed by atoms with Gasteiger partial charge < -0.3 is 14.6 Å². The maximum atomic E-state index is 11.0. The van der Waals surface area contributed by atoms with E-state index in [1.165, 1.54) is 10.6 Å². The smallest absolute Gasteiger partial charge is 0.407 e. The van der Waals surface area contributed by atoms with Crippen molar-refractivity contribution in [2.75, 3.05) is 26.7 Å². The number of piperidine rings is 1. The van der Waals surface area contributed by atoms with Gasteiger partial charge in [0, 0.05) is 38.1 Å². The molecule has 0 unspecified atom stereocenters. The summed E-state index contributed by atoms with van der Waals surface area (Å²) in [6, 6.07) is 4.28. The largest absolute Gasteiger partial charge is 0.465 e. The average Bonchev–Trinajstić information content (AvgIpc) is 2.84. The highest BCUT2D eigenvalue weighted by Crippen LogP contribution is 2.40. The molecule has 1 N–H and O–H groups in total. The standard InChI is InChI=1S/C13H19N3O2/c1-14-9-10-15-6-2-3-11(15)13(14)4-7-16(8-5-13)12(17)18/h2-3,6H,4-5,7-10H2,1H3,(H,17,18). The van der Waals surface area contributed by atoms with Gasteiger partial charge in [0.1, 0.15) is 0 Å². The molecule has 1 saturated heterocycles. The topological polar surface area (TPSA) is 48.7 Å². The van der Waals surface area contributed by atoms with Crippen LogP contribution < -0.4 is 0 Å². The quantitative estimate of drug-likeness (QED) is 0.756. The third kappa shape index (κ3) is 1.54. The number of amides is 1. The summed E-state index contributed by atoms with van der Waals surface area (Å²) in [5.41, 5.74) is 1.38. The lowest BCUT2D eigenvalue weighted by atomic mass is 9.81. The van der Waals surface area contributed by atoms with E-state index in [-0.39, 0.29) is 5.54 Å². The third-order valence-electron chi connectivity index (χ3n) is 4.57. The molecule has 0 aromatic carbocycles. The Hall–Kier alpha value is -1.49. The van der Waals surface area contributed by atoms with Crippen molar-refractivity contribution in [3.63, 3.8) is 0 Å². The summed E-state index contributed by atoms with van der Waals surface area (Å²) in [7, 11) is 2.16. The molecular formula is C13H19N3O2. The van der Waals surface area contributed by atoms with Crippen molar-refractivity contribution in [1.29, 1.82) is 0 Å². The summed E-state index contributed by atoms with van der Waals surface area (Å²) in [6.45, 7) is 3.33. The van der Waals surface area contributed by atoms with Crippen molar-refractivity contribution in [2.45, 2.75) is 24.9 Å². The van der Waals surface area contributed by atoms with Crippen LogP contribution in [0.5, 0.6) is 0 Å². The maximum Gasteiger partial charge on any atom is 0.407 e. The second-order valence-electron chi connectivity index (χ2n) is 5.31. The second-order valence-corrected chi connectivity index (χ2v) is 5.31. The van der Waals surface area contributed by atoms with Crippen LogP contribution in [0.1, 0.15) is 18.5 Å². The van der Waals surface area contributed by atoms with E-state index in [1.54, 1.807) is 0 Å². The van der Waals surface area contributed by atoms with Crippen molar-refractivity contribution >= 4 is 6.09 Å². The molecule has 18 heavy (non-hydrogen) atoms. The van der Waals surface area contributed by atoms with Gasteiger partial charge in [-0.25, -0.2) is 4.79 Å². The molecule has 1 aromatic rings. The minimum atomic E-state index is -0.793. The second kappa shape index (κ2) is 4.02. The molecular weight excluding hydrogens is 230 g/mol. The fourth-order valence-electron chi connectivity index (χ4n) is 3.40. The number of rotatable bonds is 0. The van der Waals surface area contributed by atoms with Crippen LogP contribution in [0, 0.1) is 0 Å². The molecule has 2 aliphatic rings. The summed E-state index contributed by atoms with van der Waals surface area (Å²) >= 11 is 0. The van der Waals surface area contributed by atoms with Crippen molar-refractivity contribution in [3.05, 3.63) is 24.0 Å². The van der Waals surface area contributed by atoms with Crippen LogP contribution in [-0.4, -0.2) is 52.2 Å². The van der Waals surface area contributed by atoms with Crippen LogP contribution in [0.2, 0.25) is 0 Å². The fraction of sp³-hybridized carbons (Fsp3) is 0.615. The molecule has 0 aliphatic carbocycles. The van der Waals surface area contributed by atoms with E-state index in [4.69, 9.17) is 5.11 Å². The number of hydrogen-bond acceptors (Lipinski definition) is 2. The zero-order chi connectivity index (χ0) is 12.8. The Bertz CT molecular complexity index is 461. The Kier molecular flexibility index (Phi) is 2.59. The summed E-state index contributed by atoms with van der Waals surface area (Å²) in [5, 5.41) is 9.05. The molecule has 0 saturated carbocycles. The summed E-state index contributed by atoms with van der Waals surface area (Å²) in [4.78, 5) is 14.9. The first-order valence-electron chi connectivity index (χ1n) is 6.48. The van der Waals surface area contributed by atoms with Crippen molar-refractivity contribution in [3.8, 4) is 0 Å². The SMILES string of the molecule is CN1CCn2cccc2C12CCN(C(=O)O)CC2. The number of nitrogens with zero attached hydrogens (tertiary/aromatic N) is 3. The number of likely N-dealkylation sites (N-methyl/N-ethyl adjacent to an activating group) is 1. The number of carboxylic acid groups (broad SMARTS) is 1. The van der Waals surface area contributed by atoms with E-state index in [0.717, 1.165) is 25.9 Å². The first-order chi connectivity index (χ1) is 8.63. The van der Waals surface area contributed by atoms with Crippen LogP contribution in [-0.2, 0) is 12.1 Å². The molecule has 5 heteroatoms. The molecule has 1 amide bonds. The van der Waals surface area contributed by atoms with Crippen LogP contribution in [0.4, 0.5) is 4.79 Å². The van der Waals surface area contributed by atoms with Crippen LogP contribution in [0.3, 0.4) is 0 Å². The molecule has 2 aliphatic heterocycles. The minimum Gasteiger partial charge on any atom is -0.465 e. The van der Waals surface area contributed by atoms with E-state index >= 15 is 0 Å². The molecule has 98 valence electrons. The monoisotopic (exact) mass is 249 g/mol. The summed E-state index contributed by atoms with van der Waals surface area (Å²) in [6.07, 6.45) is 3.12. The highest BCUT2D eigenvalue weighted by Gasteiger charge is 2.44. The molecule has 0 bridgehead atoms. The van der Waals surface area contributed by atoms with Gasteiger partial charge in [0.2, 0.25) is 0 Å².